The maximum absolute atomic E-state index is 12.8. The Morgan fingerprint density at radius 2 is 1.78 bits per heavy atom. The van der Waals surface area contributed by atoms with Gasteiger partial charge in [-0.05, 0) is 48.3 Å². The molecule has 0 aliphatic heterocycles. The summed E-state index contributed by atoms with van der Waals surface area (Å²) in [7, 11) is -0.475. The van der Waals surface area contributed by atoms with Gasteiger partial charge in [0.15, 0.2) is 14.1 Å². The highest BCUT2D eigenvalue weighted by Crippen LogP contribution is 2.38. The zero-order valence-electron chi connectivity index (χ0n) is 17.3. The lowest BCUT2D eigenvalue weighted by Gasteiger charge is -2.40. The molecule has 0 saturated carbocycles. The molecule has 1 aliphatic rings. The summed E-state index contributed by atoms with van der Waals surface area (Å²) in [6.07, 6.45) is 7.20. The highest BCUT2D eigenvalue weighted by molar-refractivity contribution is 6.74. The van der Waals surface area contributed by atoms with Crippen LogP contribution in [0.5, 0.6) is 5.75 Å². The van der Waals surface area contributed by atoms with E-state index in [4.69, 9.17) is 13.9 Å². The van der Waals surface area contributed by atoms with Crippen LogP contribution in [0.3, 0.4) is 0 Å². The van der Waals surface area contributed by atoms with Gasteiger partial charge in [0.05, 0.1) is 13.7 Å². The molecule has 0 saturated heterocycles. The predicted octanol–water partition coefficient (Wildman–Crippen LogP) is 5.06. The first-order valence-corrected chi connectivity index (χ1v) is 12.3. The molecule has 0 fully saturated rings. The summed E-state index contributed by atoms with van der Waals surface area (Å²) in [6, 6.07) is 7.75. The molecular weight excluding hydrogens is 356 g/mol. The Hall–Kier alpha value is -1.69. The summed E-state index contributed by atoms with van der Waals surface area (Å²) in [5, 5.41) is 0.0175. The molecule has 0 spiro atoms. The van der Waals surface area contributed by atoms with Crippen LogP contribution in [0.25, 0.3) is 0 Å². The highest BCUT2D eigenvalue weighted by atomic mass is 28.4. The van der Waals surface area contributed by atoms with Gasteiger partial charge in [0.2, 0.25) is 0 Å². The minimum atomic E-state index is -2.12. The monoisotopic (exact) mass is 388 g/mol. The van der Waals surface area contributed by atoms with Crippen molar-refractivity contribution in [3.8, 4) is 5.75 Å². The van der Waals surface area contributed by atoms with E-state index in [2.05, 4.69) is 33.9 Å². The van der Waals surface area contributed by atoms with E-state index in [0.717, 1.165) is 17.7 Å². The van der Waals surface area contributed by atoms with Gasteiger partial charge in [-0.3, -0.25) is 4.79 Å². The van der Waals surface area contributed by atoms with E-state index in [9.17, 15) is 4.79 Å². The third kappa shape index (κ3) is 5.89. The minimum absolute atomic E-state index is 0.0175. The van der Waals surface area contributed by atoms with Gasteiger partial charge in [-0.15, -0.1) is 0 Å². The van der Waals surface area contributed by atoms with Gasteiger partial charge in [-0.25, -0.2) is 0 Å². The summed E-state index contributed by atoms with van der Waals surface area (Å²) in [4.78, 5) is 12.8. The lowest BCUT2D eigenvalue weighted by Crippen LogP contribution is -2.50. The zero-order valence-corrected chi connectivity index (χ0v) is 18.3. The molecule has 5 heteroatoms. The van der Waals surface area contributed by atoms with Crippen LogP contribution in [0.15, 0.2) is 48.6 Å². The molecule has 0 N–H and O–H groups in total. The summed E-state index contributed by atoms with van der Waals surface area (Å²) >= 11 is 0. The molecule has 1 aromatic carbocycles. The smallest absolute Gasteiger partial charge is 0.193 e. The SMILES string of the molecule is COc1ccc(CO[C@@H]2/C=C\C/C=C\C(=O)[C@@H]2O[Si](C)(C)C(C)(C)C)cc1. The number of carbonyl (C=O) groups excluding carboxylic acids is 1. The lowest BCUT2D eigenvalue weighted by molar-refractivity contribution is -0.127. The van der Waals surface area contributed by atoms with Crippen LogP contribution in [0, 0.1) is 0 Å². The number of hydrogen-bond donors (Lipinski definition) is 0. The van der Waals surface area contributed by atoms with Crippen LogP contribution < -0.4 is 4.74 Å². The summed E-state index contributed by atoms with van der Waals surface area (Å²) in [5.41, 5.74) is 1.03. The quantitative estimate of drug-likeness (QED) is 0.505. The van der Waals surface area contributed by atoms with E-state index in [0.29, 0.717) is 6.61 Å². The van der Waals surface area contributed by atoms with Crippen molar-refractivity contribution in [1.82, 2.24) is 0 Å². The molecule has 0 heterocycles. The van der Waals surface area contributed by atoms with Crippen molar-refractivity contribution in [2.75, 3.05) is 7.11 Å². The second-order valence-electron chi connectivity index (χ2n) is 8.39. The largest absolute Gasteiger partial charge is 0.497 e. The van der Waals surface area contributed by atoms with Gasteiger partial charge in [-0.2, -0.15) is 0 Å². The third-order valence-electron chi connectivity index (χ3n) is 5.29. The third-order valence-corrected chi connectivity index (χ3v) is 9.74. The molecule has 0 aromatic heterocycles. The fourth-order valence-electron chi connectivity index (χ4n) is 2.51. The first-order valence-electron chi connectivity index (χ1n) is 9.43. The van der Waals surface area contributed by atoms with Crippen molar-refractivity contribution >= 4 is 14.1 Å². The average Bonchev–Trinajstić information content (AvgIpc) is 2.60. The summed E-state index contributed by atoms with van der Waals surface area (Å²) < 4.78 is 17.8. The first kappa shape index (κ1) is 21.6. The molecule has 0 unspecified atom stereocenters. The highest BCUT2D eigenvalue weighted by Gasteiger charge is 2.42. The van der Waals surface area contributed by atoms with Crippen molar-refractivity contribution < 1.29 is 18.7 Å². The van der Waals surface area contributed by atoms with Gasteiger partial charge in [0.1, 0.15) is 18.0 Å². The zero-order chi connectivity index (χ0) is 20.1. The average molecular weight is 389 g/mol. The van der Waals surface area contributed by atoms with E-state index in [1.54, 1.807) is 13.2 Å². The van der Waals surface area contributed by atoms with E-state index in [-0.39, 0.29) is 10.8 Å². The maximum atomic E-state index is 12.8. The Kier molecular flexibility index (Phi) is 7.20. The van der Waals surface area contributed by atoms with Crippen LogP contribution in [0.1, 0.15) is 32.8 Å². The van der Waals surface area contributed by atoms with Gasteiger partial charge >= 0.3 is 0 Å². The summed E-state index contributed by atoms with van der Waals surface area (Å²) in [6.45, 7) is 11.2. The number of carbonyl (C=O) groups is 1. The van der Waals surface area contributed by atoms with E-state index >= 15 is 0 Å². The normalized spacial score (nSPS) is 23.4. The van der Waals surface area contributed by atoms with Gasteiger partial charge in [0.25, 0.3) is 0 Å². The second-order valence-corrected chi connectivity index (χ2v) is 13.1. The summed E-state index contributed by atoms with van der Waals surface area (Å²) in [5.74, 6) is 0.785. The Morgan fingerprint density at radius 3 is 2.37 bits per heavy atom. The number of allylic oxidation sites excluding steroid dienone is 2. The molecule has 0 bridgehead atoms. The van der Waals surface area contributed by atoms with Gasteiger partial charge < -0.3 is 13.9 Å². The number of hydrogen-bond acceptors (Lipinski definition) is 4. The van der Waals surface area contributed by atoms with Crippen molar-refractivity contribution in [2.45, 2.75) is 64.1 Å². The van der Waals surface area contributed by atoms with Gasteiger partial charge in [0, 0.05) is 0 Å². The molecule has 0 amide bonds. The Bertz CT molecular complexity index is 683. The van der Waals surface area contributed by atoms with Crippen molar-refractivity contribution in [3.05, 3.63) is 54.1 Å². The Labute approximate surface area is 164 Å². The molecule has 2 rings (SSSR count). The van der Waals surface area contributed by atoms with Crippen LogP contribution in [-0.2, 0) is 20.6 Å². The Morgan fingerprint density at radius 1 is 1.11 bits per heavy atom. The molecule has 0 radical (unpaired) electrons. The van der Waals surface area contributed by atoms with Crippen molar-refractivity contribution in [2.24, 2.45) is 0 Å². The molecule has 4 nitrogen and oxygen atoms in total. The fraction of sp³-hybridized carbons (Fsp3) is 0.500. The molecular formula is C22H32O4Si. The predicted molar refractivity (Wildman–Crippen MR) is 112 cm³/mol. The van der Waals surface area contributed by atoms with Crippen LogP contribution >= 0.6 is 0 Å². The molecule has 2 atom stereocenters. The number of benzene rings is 1. The van der Waals surface area contributed by atoms with E-state index in [1.807, 2.05) is 42.5 Å². The van der Waals surface area contributed by atoms with E-state index in [1.165, 1.54) is 0 Å². The first-order chi connectivity index (χ1) is 12.6. The Balaban J connectivity index is 2.17. The molecule has 27 heavy (non-hydrogen) atoms. The second kappa shape index (κ2) is 9.00. The van der Waals surface area contributed by atoms with Crippen LogP contribution in [0.4, 0.5) is 0 Å². The molecule has 1 aromatic rings. The molecule has 1 aliphatic carbocycles. The topological polar surface area (TPSA) is 44.8 Å². The maximum Gasteiger partial charge on any atom is 0.193 e. The van der Waals surface area contributed by atoms with Crippen molar-refractivity contribution in [1.29, 1.82) is 0 Å². The molecule has 148 valence electrons. The fourth-order valence-corrected chi connectivity index (χ4v) is 3.75. The van der Waals surface area contributed by atoms with E-state index < -0.39 is 20.5 Å². The van der Waals surface area contributed by atoms with Crippen LogP contribution in [0.2, 0.25) is 18.1 Å². The standard InChI is InChI=1S/C22H32O4Si/c1-22(2,3)27(5,6)26-21-19(23)10-8-7-9-11-20(21)25-16-17-12-14-18(24-4)15-13-17/h8-15,20-21H,7,16H2,1-6H3/b10-8-,11-9-/t20-,21+/m1/s1. The van der Waals surface area contributed by atoms with Crippen LogP contribution in [-0.4, -0.2) is 33.4 Å². The number of rotatable bonds is 6. The number of methoxy groups -OCH3 is 1. The number of ketones is 1. The lowest BCUT2D eigenvalue weighted by atomic mass is 10.1. The van der Waals surface area contributed by atoms with Gasteiger partial charge in [-0.1, -0.05) is 51.1 Å². The minimum Gasteiger partial charge on any atom is -0.497 e. The number of ether oxygens (including phenoxy) is 2. The van der Waals surface area contributed by atoms with Crippen molar-refractivity contribution in [3.63, 3.8) is 0 Å².